The fraction of sp³-hybridized carbons (Fsp3) is 0.0741. The number of carbonyl (C=O) groups is 1. The van der Waals surface area contributed by atoms with E-state index in [1.807, 2.05) is 42.5 Å². The van der Waals surface area contributed by atoms with Gasteiger partial charge in [0, 0.05) is 29.2 Å². The lowest BCUT2D eigenvalue weighted by Gasteiger charge is -2.11. The Morgan fingerprint density at radius 3 is 2.03 bits per heavy atom. The van der Waals surface area contributed by atoms with Gasteiger partial charge in [-0.15, -0.1) is 0 Å². The van der Waals surface area contributed by atoms with Crippen molar-refractivity contribution >= 4 is 33.0 Å². The first-order chi connectivity index (χ1) is 16.5. The van der Waals surface area contributed by atoms with Gasteiger partial charge < -0.3 is 10.6 Å². The number of nitrogens with one attached hydrogen (secondary N) is 3. The molecule has 3 N–H and O–H groups in total. The van der Waals surface area contributed by atoms with Crippen LogP contribution in [0.5, 0.6) is 0 Å². The van der Waals surface area contributed by atoms with E-state index in [1.165, 1.54) is 23.8 Å². The second-order valence-electron chi connectivity index (χ2n) is 7.69. The molecule has 34 heavy (non-hydrogen) atoms. The number of carbonyl (C=O) groups excluding carboxylic acids is 1. The molecule has 7 heteroatoms. The second kappa shape index (κ2) is 10.7. The van der Waals surface area contributed by atoms with Crippen LogP contribution in [-0.4, -0.2) is 20.9 Å². The van der Waals surface area contributed by atoms with Gasteiger partial charge in [-0.25, -0.2) is 8.42 Å². The van der Waals surface area contributed by atoms with Crippen LogP contribution in [0, 0.1) is 0 Å². The van der Waals surface area contributed by atoms with E-state index in [1.54, 1.807) is 36.4 Å². The Labute approximate surface area is 199 Å². The molecule has 0 unspecified atom stereocenters. The summed E-state index contributed by atoms with van der Waals surface area (Å²) in [6.45, 7) is 0.807. The van der Waals surface area contributed by atoms with Gasteiger partial charge in [0.15, 0.2) is 0 Å². The Balaban J connectivity index is 1.34. The van der Waals surface area contributed by atoms with E-state index < -0.39 is 10.0 Å². The molecule has 4 aromatic carbocycles. The van der Waals surface area contributed by atoms with Crippen molar-refractivity contribution in [2.75, 3.05) is 21.9 Å². The molecule has 0 radical (unpaired) electrons. The fourth-order valence-electron chi connectivity index (χ4n) is 3.41. The van der Waals surface area contributed by atoms with Crippen LogP contribution < -0.4 is 15.4 Å². The Morgan fingerprint density at radius 2 is 1.32 bits per heavy atom. The summed E-state index contributed by atoms with van der Waals surface area (Å²) in [7, 11) is -3.73. The number of hydrogen-bond donors (Lipinski definition) is 3. The predicted octanol–water partition coefficient (Wildman–Crippen LogP) is 5.39. The van der Waals surface area contributed by atoms with Gasteiger partial charge in [0.05, 0.1) is 4.90 Å². The van der Waals surface area contributed by atoms with Crippen molar-refractivity contribution in [3.05, 3.63) is 120 Å². The maximum Gasteiger partial charge on any atom is 0.261 e. The highest BCUT2D eigenvalue weighted by atomic mass is 32.2. The van der Waals surface area contributed by atoms with Gasteiger partial charge in [-0.1, -0.05) is 54.6 Å². The van der Waals surface area contributed by atoms with Gasteiger partial charge in [-0.3, -0.25) is 9.52 Å². The fourth-order valence-corrected chi connectivity index (χ4v) is 4.48. The molecule has 0 heterocycles. The molecule has 0 aliphatic carbocycles. The Hall–Kier alpha value is -4.10. The number of amides is 1. The van der Waals surface area contributed by atoms with Crippen molar-refractivity contribution in [2.45, 2.75) is 11.3 Å². The van der Waals surface area contributed by atoms with E-state index in [0.717, 1.165) is 18.7 Å². The molecule has 172 valence electrons. The van der Waals surface area contributed by atoms with E-state index in [-0.39, 0.29) is 10.8 Å². The predicted molar refractivity (Wildman–Crippen MR) is 137 cm³/mol. The molecular weight excluding hydrogens is 446 g/mol. The molecule has 0 aromatic heterocycles. The summed E-state index contributed by atoms with van der Waals surface area (Å²) in [6, 6.07) is 32.2. The van der Waals surface area contributed by atoms with Crippen LogP contribution in [0.2, 0.25) is 0 Å². The van der Waals surface area contributed by atoms with Gasteiger partial charge in [0.25, 0.3) is 15.9 Å². The van der Waals surface area contributed by atoms with E-state index in [4.69, 9.17) is 0 Å². The van der Waals surface area contributed by atoms with Crippen LogP contribution >= 0.6 is 0 Å². The first-order valence-corrected chi connectivity index (χ1v) is 12.4. The lowest BCUT2D eigenvalue weighted by atomic mass is 10.1. The summed E-state index contributed by atoms with van der Waals surface area (Å²) < 4.78 is 27.6. The summed E-state index contributed by atoms with van der Waals surface area (Å²) in [5.41, 5.74) is 3.54. The maximum absolute atomic E-state index is 12.7. The molecule has 0 saturated carbocycles. The lowest BCUT2D eigenvalue weighted by molar-refractivity contribution is 0.102. The van der Waals surface area contributed by atoms with E-state index in [9.17, 15) is 13.2 Å². The maximum atomic E-state index is 12.7. The summed E-state index contributed by atoms with van der Waals surface area (Å²) in [5, 5.41) is 6.22. The summed E-state index contributed by atoms with van der Waals surface area (Å²) in [5.74, 6) is -0.328. The highest BCUT2D eigenvalue weighted by molar-refractivity contribution is 7.92. The Kier molecular flexibility index (Phi) is 7.25. The molecule has 0 spiro atoms. The minimum atomic E-state index is -3.73. The Morgan fingerprint density at radius 1 is 0.676 bits per heavy atom. The largest absolute Gasteiger partial charge is 0.385 e. The summed E-state index contributed by atoms with van der Waals surface area (Å²) >= 11 is 0. The quantitative estimate of drug-likeness (QED) is 0.305. The molecule has 0 bridgehead atoms. The third kappa shape index (κ3) is 6.24. The van der Waals surface area contributed by atoms with Crippen LogP contribution in [0.3, 0.4) is 0 Å². The van der Waals surface area contributed by atoms with Crippen LogP contribution in [0.1, 0.15) is 15.9 Å². The molecule has 0 atom stereocenters. The molecule has 0 aliphatic heterocycles. The normalized spacial score (nSPS) is 10.9. The van der Waals surface area contributed by atoms with Crippen LogP contribution in [0.15, 0.2) is 114 Å². The summed E-state index contributed by atoms with van der Waals surface area (Å²) in [4.78, 5) is 12.9. The third-order valence-electron chi connectivity index (χ3n) is 5.16. The summed E-state index contributed by atoms with van der Waals surface area (Å²) in [6.07, 6.45) is 0.920. The SMILES string of the molecule is O=C(Nc1ccc(NCCc2ccccc2)cc1)c1cccc(NS(=O)(=O)c2ccccc2)c1. The number of sulfonamides is 1. The van der Waals surface area contributed by atoms with Crippen molar-refractivity contribution in [1.82, 2.24) is 0 Å². The Bertz CT molecular complexity index is 1340. The van der Waals surface area contributed by atoms with Crippen molar-refractivity contribution < 1.29 is 13.2 Å². The van der Waals surface area contributed by atoms with Crippen LogP contribution in [0.25, 0.3) is 0 Å². The minimum absolute atomic E-state index is 0.155. The van der Waals surface area contributed by atoms with Gasteiger partial charge in [0.1, 0.15) is 0 Å². The number of rotatable bonds is 9. The van der Waals surface area contributed by atoms with Crippen LogP contribution in [0.4, 0.5) is 17.1 Å². The second-order valence-corrected chi connectivity index (χ2v) is 9.38. The van der Waals surface area contributed by atoms with Crippen molar-refractivity contribution in [1.29, 1.82) is 0 Å². The van der Waals surface area contributed by atoms with Gasteiger partial charge in [0.2, 0.25) is 0 Å². The highest BCUT2D eigenvalue weighted by Gasteiger charge is 2.14. The zero-order valence-corrected chi connectivity index (χ0v) is 19.3. The molecule has 4 aromatic rings. The third-order valence-corrected chi connectivity index (χ3v) is 6.56. The first-order valence-electron chi connectivity index (χ1n) is 10.9. The first kappa shape index (κ1) is 23.1. The van der Waals surface area contributed by atoms with Crippen molar-refractivity contribution in [2.24, 2.45) is 0 Å². The van der Waals surface area contributed by atoms with E-state index >= 15 is 0 Å². The van der Waals surface area contributed by atoms with Gasteiger partial charge in [-0.2, -0.15) is 0 Å². The molecule has 6 nitrogen and oxygen atoms in total. The number of benzene rings is 4. The molecule has 0 fully saturated rings. The van der Waals surface area contributed by atoms with E-state index in [0.29, 0.717) is 16.9 Å². The monoisotopic (exact) mass is 471 g/mol. The average Bonchev–Trinajstić information content (AvgIpc) is 2.86. The molecule has 4 rings (SSSR count). The van der Waals surface area contributed by atoms with Crippen LogP contribution in [-0.2, 0) is 16.4 Å². The molecule has 0 aliphatic rings. The molecule has 1 amide bonds. The molecule has 0 saturated heterocycles. The molecular formula is C27H25N3O3S. The van der Waals surface area contributed by atoms with Gasteiger partial charge in [-0.05, 0) is 66.6 Å². The zero-order chi connectivity index (χ0) is 23.8. The topological polar surface area (TPSA) is 87.3 Å². The smallest absolute Gasteiger partial charge is 0.261 e. The lowest BCUT2D eigenvalue weighted by Crippen LogP contribution is -2.15. The van der Waals surface area contributed by atoms with Crippen molar-refractivity contribution in [3.63, 3.8) is 0 Å². The van der Waals surface area contributed by atoms with Crippen molar-refractivity contribution in [3.8, 4) is 0 Å². The van der Waals surface area contributed by atoms with Gasteiger partial charge >= 0.3 is 0 Å². The highest BCUT2D eigenvalue weighted by Crippen LogP contribution is 2.19. The average molecular weight is 472 g/mol. The zero-order valence-electron chi connectivity index (χ0n) is 18.4. The minimum Gasteiger partial charge on any atom is -0.385 e. The van der Waals surface area contributed by atoms with E-state index in [2.05, 4.69) is 27.5 Å². The standard InChI is InChI=1S/C27H25N3O3S/c31-27(22-10-7-11-25(20-22)30-34(32,33)26-12-5-2-6-13-26)29-24-16-14-23(15-17-24)28-19-18-21-8-3-1-4-9-21/h1-17,20,28,30H,18-19H2,(H,29,31). The number of hydrogen-bond acceptors (Lipinski definition) is 4. The number of anilines is 3.